The lowest BCUT2D eigenvalue weighted by Gasteiger charge is -2.43. The predicted octanol–water partition coefficient (Wildman–Crippen LogP) is 1.74. The molecule has 4 heterocycles. The lowest BCUT2D eigenvalue weighted by molar-refractivity contribution is -0.137. The summed E-state index contributed by atoms with van der Waals surface area (Å²) in [6, 6.07) is 11.6. The Morgan fingerprint density at radius 3 is 2.53 bits per heavy atom. The number of piperidine rings is 1. The van der Waals surface area contributed by atoms with Crippen molar-refractivity contribution in [2.45, 2.75) is 30.8 Å². The molecule has 3 aliphatic heterocycles. The fraction of sp³-hybridized carbons (Fsp3) is 0.519. The summed E-state index contributed by atoms with van der Waals surface area (Å²) >= 11 is 0. The van der Waals surface area contributed by atoms with E-state index < -0.39 is 5.54 Å². The number of aromatic nitrogens is 1. The number of pyridine rings is 1. The number of urea groups is 1. The quantitative estimate of drug-likeness (QED) is 0.538. The molecule has 3 aliphatic rings. The third-order valence-corrected chi connectivity index (χ3v) is 7.88. The Morgan fingerprint density at radius 1 is 1.08 bits per heavy atom. The van der Waals surface area contributed by atoms with Gasteiger partial charge < -0.3 is 24.0 Å². The number of hydrogen-bond donors (Lipinski definition) is 2. The van der Waals surface area contributed by atoms with Crippen LogP contribution in [0.1, 0.15) is 29.9 Å². The van der Waals surface area contributed by atoms with Crippen LogP contribution >= 0.6 is 0 Å². The lowest BCUT2D eigenvalue weighted by Crippen LogP contribution is -2.55. The molecule has 0 saturated carbocycles. The van der Waals surface area contributed by atoms with Crippen molar-refractivity contribution in [1.82, 2.24) is 25.6 Å². The lowest BCUT2D eigenvalue weighted by atomic mass is 9.86. The molecule has 3 fully saturated rings. The van der Waals surface area contributed by atoms with Crippen LogP contribution in [0.4, 0.5) is 10.6 Å². The first-order chi connectivity index (χ1) is 18.5. The van der Waals surface area contributed by atoms with E-state index in [0.717, 1.165) is 30.0 Å². The first kappa shape index (κ1) is 26.2. The number of amides is 3. The molecular formula is C27H36N6O5. The van der Waals surface area contributed by atoms with E-state index in [-0.39, 0.29) is 24.5 Å². The largest absolute Gasteiger partial charge is 0.497 e. The molecule has 38 heavy (non-hydrogen) atoms. The summed E-state index contributed by atoms with van der Waals surface area (Å²) in [7, 11) is 4.77. The van der Waals surface area contributed by atoms with E-state index in [1.807, 2.05) is 46.2 Å². The van der Waals surface area contributed by atoms with E-state index >= 15 is 0 Å². The second kappa shape index (κ2) is 11.1. The zero-order valence-corrected chi connectivity index (χ0v) is 22.2. The predicted molar refractivity (Wildman–Crippen MR) is 141 cm³/mol. The minimum atomic E-state index is -0.434. The van der Waals surface area contributed by atoms with Gasteiger partial charge in [-0.3, -0.25) is 20.5 Å². The van der Waals surface area contributed by atoms with Crippen LogP contribution in [0.25, 0.3) is 0 Å². The van der Waals surface area contributed by atoms with Gasteiger partial charge in [0.15, 0.2) is 0 Å². The molecule has 2 N–H and O–H groups in total. The number of likely N-dealkylation sites (tertiary alicyclic amines) is 1. The normalized spacial score (nSPS) is 19.4. The molecule has 1 aromatic carbocycles. The number of benzene rings is 1. The molecule has 0 unspecified atom stereocenters. The summed E-state index contributed by atoms with van der Waals surface area (Å²) in [5.41, 5.74) is 7.85. The first-order valence-corrected chi connectivity index (χ1v) is 13.0. The number of carbonyl (C=O) groups excluding carboxylic acids is 2. The van der Waals surface area contributed by atoms with Gasteiger partial charge in [0.25, 0.3) is 0 Å². The molecule has 5 rings (SSSR count). The number of hydrogen-bond acceptors (Lipinski definition) is 8. The topological polar surface area (TPSA) is 108 Å². The van der Waals surface area contributed by atoms with Crippen LogP contribution in [-0.4, -0.2) is 92.9 Å². The molecular weight excluding hydrogens is 488 g/mol. The summed E-state index contributed by atoms with van der Waals surface area (Å²) in [6.45, 7) is 3.70. The maximum atomic E-state index is 14.0. The number of ether oxygens (including phenoxy) is 3. The van der Waals surface area contributed by atoms with Crippen LogP contribution in [0.5, 0.6) is 11.6 Å². The summed E-state index contributed by atoms with van der Waals surface area (Å²) in [5, 5.41) is 0. The maximum Gasteiger partial charge on any atom is 0.326 e. The zero-order valence-electron chi connectivity index (χ0n) is 22.2. The van der Waals surface area contributed by atoms with Crippen molar-refractivity contribution < 1.29 is 23.8 Å². The van der Waals surface area contributed by atoms with Crippen LogP contribution in [0.2, 0.25) is 0 Å². The standard InChI is InChI=1S/C27H36N6O5/c1-36-17-24(34)31-11-9-27(10-12-31)18-32(26(35)33(27)16-19-5-4-6-21(13-19)37-2)23-8-7-22(25(30-23)38-3)20-14-28-29-15-20/h4-8,13,20,28-29H,9-12,14-18H2,1-3H3. The summed E-state index contributed by atoms with van der Waals surface area (Å²) in [4.78, 5) is 36.8. The van der Waals surface area contributed by atoms with E-state index in [0.29, 0.717) is 50.7 Å². The van der Waals surface area contributed by atoms with Gasteiger partial charge in [-0.15, -0.1) is 0 Å². The molecule has 0 radical (unpaired) electrons. The average Bonchev–Trinajstić information content (AvgIpc) is 3.57. The zero-order chi connectivity index (χ0) is 26.7. The van der Waals surface area contributed by atoms with Crippen molar-refractivity contribution in [3.8, 4) is 11.6 Å². The molecule has 11 heteroatoms. The van der Waals surface area contributed by atoms with Crippen molar-refractivity contribution in [3.05, 3.63) is 47.5 Å². The molecule has 204 valence electrons. The van der Waals surface area contributed by atoms with E-state index in [2.05, 4.69) is 10.9 Å². The number of hydrazine groups is 1. The Bertz CT molecular complexity index is 1160. The number of methoxy groups -OCH3 is 3. The number of nitrogens with one attached hydrogen (secondary N) is 2. The van der Waals surface area contributed by atoms with Crippen molar-refractivity contribution >= 4 is 17.8 Å². The molecule has 1 spiro atoms. The second-order valence-electron chi connectivity index (χ2n) is 10.1. The summed E-state index contributed by atoms with van der Waals surface area (Å²) < 4.78 is 16.1. The highest BCUT2D eigenvalue weighted by Crippen LogP contribution is 2.40. The fourth-order valence-electron chi connectivity index (χ4n) is 5.73. The summed E-state index contributed by atoms with van der Waals surface area (Å²) in [5.74, 6) is 2.07. The SMILES string of the molecule is COCC(=O)N1CCC2(CC1)CN(c1ccc(C3CNNC3)c(OC)n1)C(=O)N2Cc1cccc(OC)c1. The highest BCUT2D eigenvalue weighted by atomic mass is 16.5. The molecule has 0 aliphatic carbocycles. The van der Waals surface area contributed by atoms with Crippen LogP contribution in [0, 0.1) is 0 Å². The van der Waals surface area contributed by atoms with Gasteiger partial charge in [-0.1, -0.05) is 12.1 Å². The Balaban J connectivity index is 1.44. The van der Waals surface area contributed by atoms with E-state index in [9.17, 15) is 9.59 Å². The van der Waals surface area contributed by atoms with Gasteiger partial charge in [-0.25, -0.2) is 4.79 Å². The minimum Gasteiger partial charge on any atom is -0.497 e. The number of anilines is 1. The van der Waals surface area contributed by atoms with Gasteiger partial charge in [0.2, 0.25) is 11.8 Å². The van der Waals surface area contributed by atoms with Crippen LogP contribution < -0.4 is 25.2 Å². The number of carbonyl (C=O) groups is 2. The van der Waals surface area contributed by atoms with E-state index in [1.165, 1.54) is 7.11 Å². The van der Waals surface area contributed by atoms with Gasteiger partial charge in [0, 0.05) is 51.3 Å². The van der Waals surface area contributed by atoms with E-state index in [4.69, 9.17) is 19.2 Å². The fourth-order valence-corrected chi connectivity index (χ4v) is 5.73. The van der Waals surface area contributed by atoms with Crippen molar-refractivity contribution in [3.63, 3.8) is 0 Å². The summed E-state index contributed by atoms with van der Waals surface area (Å²) in [6.07, 6.45) is 1.34. The monoisotopic (exact) mass is 524 g/mol. The molecule has 3 amide bonds. The molecule has 1 aromatic heterocycles. The van der Waals surface area contributed by atoms with E-state index in [1.54, 1.807) is 19.1 Å². The van der Waals surface area contributed by atoms with Crippen LogP contribution in [0.3, 0.4) is 0 Å². The Hall–Kier alpha value is -3.41. The maximum absolute atomic E-state index is 14.0. The highest BCUT2D eigenvalue weighted by molar-refractivity contribution is 5.94. The molecule has 3 saturated heterocycles. The average molecular weight is 525 g/mol. The Labute approximate surface area is 223 Å². The Kier molecular flexibility index (Phi) is 7.68. The molecule has 11 nitrogen and oxygen atoms in total. The van der Waals surface area contributed by atoms with Crippen molar-refractivity contribution in [2.24, 2.45) is 0 Å². The molecule has 2 aromatic rings. The van der Waals surface area contributed by atoms with Crippen LogP contribution in [-0.2, 0) is 16.1 Å². The third-order valence-electron chi connectivity index (χ3n) is 7.88. The number of nitrogens with zero attached hydrogens (tertiary/aromatic N) is 4. The van der Waals surface area contributed by atoms with Crippen molar-refractivity contribution in [2.75, 3.05) is 65.6 Å². The second-order valence-corrected chi connectivity index (χ2v) is 10.1. The highest BCUT2D eigenvalue weighted by Gasteiger charge is 2.52. The number of rotatable bonds is 8. The van der Waals surface area contributed by atoms with Gasteiger partial charge in [0.1, 0.15) is 18.2 Å². The van der Waals surface area contributed by atoms with Gasteiger partial charge in [-0.2, -0.15) is 4.98 Å². The minimum absolute atomic E-state index is 0.0271. The third kappa shape index (κ3) is 5.01. The van der Waals surface area contributed by atoms with Crippen molar-refractivity contribution in [1.29, 1.82) is 0 Å². The molecule has 0 bridgehead atoms. The molecule has 0 atom stereocenters. The Morgan fingerprint density at radius 2 is 1.84 bits per heavy atom. The van der Waals surface area contributed by atoms with Crippen LogP contribution in [0.15, 0.2) is 36.4 Å². The van der Waals surface area contributed by atoms with Gasteiger partial charge in [0.05, 0.1) is 26.3 Å². The smallest absolute Gasteiger partial charge is 0.326 e. The van der Waals surface area contributed by atoms with Gasteiger partial charge >= 0.3 is 6.03 Å². The van der Waals surface area contributed by atoms with Gasteiger partial charge in [-0.05, 0) is 42.7 Å². The first-order valence-electron chi connectivity index (χ1n) is 13.0.